The summed E-state index contributed by atoms with van der Waals surface area (Å²) in [7, 11) is 0. The van der Waals surface area contributed by atoms with E-state index < -0.39 is 0 Å². The molecule has 5 rings (SSSR count). The van der Waals surface area contributed by atoms with Gasteiger partial charge in [-0.25, -0.2) is 0 Å². The molecule has 1 heterocycles. The van der Waals surface area contributed by atoms with E-state index in [4.69, 9.17) is 4.74 Å². The summed E-state index contributed by atoms with van der Waals surface area (Å²) < 4.78 is 5.62. The zero-order valence-corrected chi connectivity index (χ0v) is 16.3. The Morgan fingerprint density at radius 2 is 1.55 bits per heavy atom. The molecule has 4 aromatic carbocycles. The lowest BCUT2D eigenvalue weighted by molar-refractivity contribution is 0.357. The van der Waals surface area contributed by atoms with Crippen LogP contribution in [0.2, 0.25) is 0 Å². The number of rotatable bonds is 3. The highest BCUT2D eigenvalue weighted by Gasteiger charge is 2.12. The Balaban J connectivity index is 1.36. The van der Waals surface area contributed by atoms with Gasteiger partial charge in [-0.15, -0.1) is 0 Å². The standard InChI is InChI=1S/C28H22O/c1-2-5-21(6-3-1)7-4-8-22-9-12-25-13-10-23(20-27(25)18-22)17-24-11-14-28-26(19-24)15-16-29-28/h1-3,5-6,9-14,18-20H,7,15-17H2. The largest absolute Gasteiger partial charge is 0.493 e. The summed E-state index contributed by atoms with van der Waals surface area (Å²) in [5.74, 6) is 7.67. The van der Waals surface area contributed by atoms with E-state index >= 15 is 0 Å². The summed E-state index contributed by atoms with van der Waals surface area (Å²) >= 11 is 0. The van der Waals surface area contributed by atoms with E-state index in [2.05, 4.69) is 90.7 Å². The molecule has 0 bridgehead atoms. The van der Waals surface area contributed by atoms with Gasteiger partial charge in [0.05, 0.1) is 6.61 Å². The molecule has 140 valence electrons. The molecular weight excluding hydrogens is 352 g/mol. The number of hydrogen-bond donors (Lipinski definition) is 0. The number of fused-ring (bicyclic) bond motifs is 2. The van der Waals surface area contributed by atoms with Gasteiger partial charge in [0, 0.05) is 18.4 Å². The van der Waals surface area contributed by atoms with Gasteiger partial charge in [-0.1, -0.05) is 78.6 Å². The van der Waals surface area contributed by atoms with Crippen molar-refractivity contribution in [3.63, 3.8) is 0 Å². The molecule has 0 saturated carbocycles. The maximum atomic E-state index is 5.62. The minimum atomic E-state index is 0.779. The Kier molecular flexibility index (Phi) is 4.76. The van der Waals surface area contributed by atoms with Gasteiger partial charge in [-0.3, -0.25) is 0 Å². The van der Waals surface area contributed by atoms with Crippen LogP contribution in [0, 0.1) is 11.8 Å². The Morgan fingerprint density at radius 1 is 0.724 bits per heavy atom. The lowest BCUT2D eigenvalue weighted by Gasteiger charge is -2.07. The van der Waals surface area contributed by atoms with Crippen molar-refractivity contribution >= 4 is 10.8 Å². The fraction of sp³-hybridized carbons (Fsp3) is 0.143. The summed E-state index contributed by atoms with van der Waals surface area (Å²) in [5.41, 5.74) is 6.32. The van der Waals surface area contributed by atoms with Gasteiger partial charge in [-0.2, -0.15) is 0 Å². The summed E-state index contributed by atoms with van der Waals surface area (Å²) in [6.45, 7) is 0.808. The van der Waals surface area contributed by atoms with Crippen molar-refractivity contribution in [3.8, 4) is 17.6 Å². The van der Waals surface area contributed by atoms with Gasteiger partial charge in [-0.05, 0) is 57.6 Å². The normalized spacial score (nSPS) is 12.1. The molecule has 29 heavy (non-hydrogen) atoms. The first-order valence-electron chi connectivity index (χ1n) is 10.1. The van der Waals surface area contributed by atoms with Crippen molar-refractivity contribution in [1.29, 1.82) is 0 Å². The molecule has 4 aromatic rings. The second-order valence-electron chi connectivity index (χ2n) is 7.58. The first kappa shape index (κ1) is 17.6. The molecule has 0 aliphatic carbocycles. The van der Waals surface area contributed by atoms with Crippen molar-refractivity contribution in [3.05, 3.63) is 113 Å². The number of benzene rings is 4. The third-order valence-electron chi connectivity index (χ3n) is 5.43. The van der Waals surface area contributed by atoms with Crippen LogP contribution < -0.4 is 4.74 Å². The Morgan fingerprint density at radius 3 is 2.48 bits per heavy atom. The van der Waals surface area contributed by atoms with Gasteiger partial charge >= 0.3 is 0 Å². The molecule has 0 unspecified atom stereocenters. The second kappa shape index (κ2) is 7.86. The highest BCUT2D eigenvalue weighted by molar-refractivity contribution is 5.84. The van der Waals surface area contributed by atoms with E-state index in [0.717, 1.165) is 37.2 Å². The topological polar surface area (TPSA) is 9.23 Å². The monoisotopic (exact) mass is 374 g/mol. The predicted molar refractivity (Wildman–Crippen MR) is 119 cm³/mol. The van der Waals surface area contributed by atoms with Gasteiger partial charge in [0.15, 0.2) is 0 Å². The zero-order chi connectivity index (χ0) is 19.5. The highest BCUT2D eigenvalue weighted by atomic mass is 16.5. The van der Waals surface area contributed by atoms with Crippen molar-refractivity contribution in [2.45, 2.75) is 19.3 Å². The van der Waals surface area contributed by atoms with Crippen molar-refractivity contribution < 1.29 is 4.74 Å². The van der Waals surface area contributed by atoms with Crippen LogP contribution in [0.15, 0.2) is 84.9 Å². The minimum Gasteiger partial charge on any atom is -0.493 e. The average Bonchev–Trinajstić information content (AvgIpc) is 3.22. The zero-order valence-electron chi connectivity index (χ0n) is 16.3. The van der Waals surface area contributed by atoms with Crippen LogP contribution >= 0.6 is 0 Å². The molecule has 0 saturated heterocycles. The smallest absolute Gasteiger partial charge is 0.122 e. The van der Waals surface area contributed by atoms with E-state index in [0.29, 0.717) is 0 Å². The Bertz CT molecular complexity index is 1230. The van der Waals surface area contributed by atoms with E-state index in [1.807, 2.05) is 6.07 Å². The van der Waals surface area contributed by atoms with Gasteiger partial charge < -0.3 is 4.74 Å². The Labute approximate surface area is 172 Å². The maximum absolute atomic E-state index is 5.62. The minimum absolute atomic E-state index is 0.779. The quantitative estimate of drug-likeness (QED) is 0.402. The maximum Gasteiger partial charge on any atom is 0.122 e. The molecule has 0 fully saturated rings. The lowest BCUT2D eigenvalue weighted by atomic mass is 9.98. The second-order valence-corrected chi connectivity index (χ2v) is 7.58. The molecule has 0 radical (unpaired) electrons. The van der Waals surface area contributed by atoms with E-state index in [-0.39, 0.29) is 0 Å². The van der Waals surface area contributed by atoms with Crippen LogP contribution in [0.3, 0.4) is 0 Å². The fourth-order valence-corrected chi connectivity index (χ4v) is 3.91. The van der Waals surface area contributed by atoms with Crippen LogP contribution in [0.4, 0.5) is 0 Å². The molecule has 0 N–H and O–H groups in total. The van der Waals surface area contributed by atoms with Gasteiger partial charge in [0.25, 0.3) is 0 Å². The summed E-state index contributed by atoms with van der Waals surface area (Å²) in [5, 5.41) is 2.50. The molecule has 0 amide bonds. The molecule has 0 spiro atoms. The van der Waals surface area contributed by atoms with E-state index in [1.165, 1.54) is 33.0 Å². The molecule has 1 aliphatic rings. The van der Waals surface area contributed by atoms with Crippen LogP contribution in [-0.2, 0) is 19.3 Å². The first-order chi connectivity index (χ1) is 14.3. The summed E-state index contributed by atoms with van der Waals surface area (Å²) in [6.07, 6.45) is 2.74. The highest BCUT2D eigenvalue weighted by Crippen LogP contribution is 2.27. The SMILES string of the molecule is C(#Cc1ccc2ccc(Cc3ccc4c(c3)CCO4)cc2c1)Cc1ccccc1. The molecule has 1 heteroatoms. The molecule has 1 aliphatic heterocycles. The predicted octanol–water partition coefficient (Wildman–Crippen LogP) is 5.96. The third kappa shape index (κ3) is 4.03. The fourth-order valence-electron chi connectivity index (χ4n) is 3.91. The van der Waals surface area contributed by atoms with Crippen molar-refractivity contribution in [2.75, 3.05) is 6.61 Å². The molecular formula is C28H22O. The van der Waals surface area contributed by atoms with E-state index in [1.54, 1.807) is 0 Å². The molecule has 0 aromatic heterocycles. The third-order valence-corrected chi connectivity index (χ3v) is 5.43. The number of hydrogen-bond acceptors (Lipinski definition) is 1. The van der Waals surface area contributed by atoms with Gasteiger partial charge in [0.2, 0.25) is 0 Å². The molecule has 1 nitrogen and oxygen atoms in total. The van der Waals surface area contributed by atoms with Gasteiger partial charge in [0.1, 0.15) is 5.75 Å². The van der Waals surface area contributed by atoms with E-state index in [9.17, 15) is 0 Å². The average molecular weight is 374 g/mol. The lowest BCUT2D eigenvalue weighted by Crippen LogP contribution is -1.90. The summed E-state index contributed by atoms with van der Waals surface area (Å²) in [6, 6.07) is 30.2. The van der Waals surface area contributed by atoms with Crippen LogP contribution in [0.1, 0.15) is 27.8 Å². The van der Waals surface area contributed by atoms with Crippen LogP contribution in [0.5, 0.6) is 5.75 Å². The van der Waals surface area contributed by atoms with Crippen LogP contribution in [-0.4, -0.2) is 6.61 Å². The Hall–Kier alpha value is -3.50. The van der Waals surface area contributed by atoms with Crippen molar-refractivity contribution in [2.24, 2.45) is 0 Å². The molecule has 0 atom stereocenters. The number of ether oxygens (including phenoxy) is 1. The summed E-state index contributed by atoms with van der Waals surface area (Å²) in [4.78, 5) is 0. The first-order valence-corrected chi connectivity index (χ1v) is 10.1. The van der Waals surface area contributed by atoms with Crippen molar-refractivity contribution in [1.82, 2.24) is 0 Å². The van der Waals surface area contributed by atoms with Crippen LogP contribution in [0.25, 0.3) is 10.8 Å².